The molecule has 0 radical (unpaired) electrons. The van der Waals surface area contributed by atoms with Gasteiger partial charge in [0.25, 0.3) is 15.9 Å². The highest BCUT2D eigenvalue weighted by molar-refractivity contribution is 7.90. The second kappa shape index (κ2) is 11.3. The van der Waals surface area contributed by atoms with Gasteiger partial charge in [-0.05, 0) is 39.0 Å². The minimum atomic E-state index is -4.22. The molecule has 13 heteroatoms. The van der Waals surface area contributed by atoms with Crippen LogP contribution < -0.4 is 9.46 Å². The third-order valence-corrected chi connectivity index (χ3v) is 7.23. The first kappa shape index (κ1) is 27.2. The van der Waals surface area contributed by atoms with Crippen LogP contribution in [0, 0.1) is 0 Å². The highest BCUT2D eigenvalue weighted by Gasteiger charge is 2.26. The van der Waals surface area contributed by atoms with Crippen molar-refractivity contribution < 1.29 is 31.9 Å². The molecule has 1 aliphatic heterocycles. The number of pyridine rings is 1. The van der Waals surface area contributed by atoms with Gasteiger partial charge < -0.3 is 14.4 Å². The molecule has 3 heterocycles. The lowest BCUT2D eigenvalue weighted by atomic mass is 10.1. The van der Waals surface area contributed by atoms with E-state index >= 15 is 0 Å². The number of carbonyl (C=O) groups is 2. The second-order valence-corrected chi connectivity index (χ2v) is 10.8. The Balaban J connectivity index is 1.52. The predicted molar refractivity (Wildman–Crippen MR) is 136 cm³/mol. The molecule has 1 saturated heterocycles. The first-order valence-electron chi connectivity index (χ1n) is 12.1. The highest BCUT2D eigenvalue weighted by Crippen LogP contribution is 2.31. The number of nitrogens with one attached hydrogen (secondary N) is 1. The van der Waals surface area contributed by atoms with Gasteiger partial charge in [0, 0.05) is 37.7 Å². The third kappa shape index (κ3) is 6.15. The van der Waals surface area contributed by atoms with E-state index in [4.69, 9.17) is 9.47 Å². The Morgan fingerprint density at radius 2 is 1.74 bits per heavy atom. The molecule has 0 bridgehead atoms. The normalized spacial score (nSPS) is 15.3. The molecule has 202 valence electrons. The van der Waals surface area contributed by atoms with Gasteiger partial charge in [-0.2, -0.15) is 0 Å². The average molecular weight is 546 g/mol. The predicted octanol–water partition coefficient (Wildman–Crippen LogP) is 3.24. The summed E-state index contributed by atoms with van der Waals surface area (Å²) in [4.78, 5) is 38.2. The van der Waals surface area contributed by atoms with Crippen LogP contribution in [0.2, 0.25) is 0 Å². The number of halogens is 1. The number of fused-ring (bicyclic) bond motifs is 1. The molecule has 3 aromatic rings. The van der Waals surface area contributed by atoms with Crippen LogP contribution in [0.1, 0.15) is 33.6 Å². The van der Waals surface area contributed by atoms with E-state index in [1.807, 2.05) is 13.8 Å². The van der Waals surface area contributed by atoms with E-state index < -0.39 is 22.1 Å². The van der Waals surface area contributed by atoms with Gasteiger partial charge in [-0.1, -0.05) is 12.1 Å². The van der Waals surface area contributed by atoms with Crippen molar-refractivity contribution in [2.24, 2.45) is 0 Å². The zero-order valence-corrected chi connectivity index (χ0v) is 21.9. The largest absolute Gasteiger partial charge is 0.474 e. The number of nitrogens with zero attached hydrogens (tertiary/aromatic N) is 4. The van der Waals surface area contributed by atoms with E-state index in [1.54, 1.807) is 21.9 Å². The lowest BCUT2D eigenvalue weighted by molar-refractivity contribution is -0.123. The van der Waals surface area contributed by atoms with Crippen LogP contribution in [0.25, 0.3) is 22.2 Å². The number of likely N-dealkylation sites (tertiary alicyclic amines) is 1. The molecule has 0 spiro atoms. The first-order valence-corrected chi connectivity index (χ1v) is 13.6. The van der Waals surface area contributed by atoms with Crippen LogP contribution in [-0.2, 0) is 19.6 Å². The van der Waals surface area contributed by atoms with Crippen LogP contribution >= 0.6 is 0 Å². The number of hydrogen-bond donors (Lipinski definition) is 1. The minimum Gasteiger partial charge on any atom is -0.474 e. The lowest BCUT2D eigenvalue weighted by Crippen LogP contribution is -2.42. The van der Waals surface area contributed by atoms with Gasteiger partial charge in [0.05, 0.1) is 22.1 Å². The lowest BCUT2D eigenvalue weighted by Gasteiger charge is -2.31. The molecule has 2 amide bonds. The summed E-state index contributed by atoms with van der Waals surface area (Å²) in [6.45, 7) is 5.58. The fourth-order valence-corrected chi connectivity index (χ4v) is 4.97. The summed E-state index contributed by atoms with van der Waals surface area (Å²) in [7, 11) is -4.22. The molecule has 1 aromatic carbocycles. The van der Waals surface area contributed by atoms with Crippen LogP contribution in [0.3, 0.4) is 0 Å². The molecule has 1 aliphatic rings. The zero-order chi connectivity index (χ0) is 27.4. The summed E-state index contributed by atoms with van der Waals surface area (Å²) in [5.41, 5.74) is 1.55. The summed E-state index contributed by atoms with van der Waals surface area (Å²) >= 11 is 0. The third-order valence-electron chi connectivity index (χ3n) is 5.87. The van der Waals surface area contributed by atoms with Gasteiger partial charge in [0.15, 0.2) is 6.17 Å². The number of ether oxygens (including phenoxy) is 2. The molecule has 1 fully saturated rings. The molecule has 4 rings (SSSR count). The molecule has 1 atom stereocenters. The summed E-state index contributed by atoms with van der Waals surface area (Å²) in [6, 6.07) is 7.37. The number of piperidine rings is 1. The average Bonchev–Trinajstić information content (AvgIpc) is 2.88. The number of carbonyl (C=O) groups excluding carboxylic acids is 2. The Kier molecular flexibility index (Phi) is 8.05. The summed E-state index contributed by atoms with van der Waals surface area (Å²) in [5.74, 6) is -0.862. The molecular weight excluding hydrogens is 517 g/mol. The molecule has 2 aromatic heterocycles. The van der Waals surface area contributed by atoms with E-state index in [-0.39, 0.29) is 23.2 Å². The Bertz CT molecular complexity index is 1420. The van der Waals surface area contributed by atoms with Gasteiger partial charge >= 0.3 is 6.09 Å². The van der Waals surface area contributed by atoms with Crippen molar-refractivity contribution in [3.63, 3.8) is 0 Å². The van der Waals surface area contributed by atoms with Crippen molar-refractivity contribution in [3.05, 3.63) is 42.9 Å². The molecular formula is C25H28FN5O6S. The van der Waals surface area contributed by atoms with E-state index in [9.17, 15) is 22.4 Å². The van der Waals surface area contributed by atoms with Gasteiger partial charge in [-0.15, -0.1) is 0 Å². The minimum absolute atomic E-state index is 0.153. The summed E-state index contributed by atoms with van der Waals surface area (Å²) in [5, 5.41) is 0.625. The smallest absolute Gasteiger partial charge is 0.410 e. The quantitative estimate of drug-likeness (QED) is 0.474. The van der Waals surface area contributed by atoms with Gasteiger partial charge in [-0.25, -0.2) is 32.3 Å². The van der Waals surface area contributed by atoms with Crippen molar-refractivity contribution in [3.8, 4) is 17.1 Å². The Labute approximate surface area is 219 Å². The van der Waals surface area contributed by atoms with Crippen molar-refractivity contribution in [2.45, 2.75) is 56.9 Å². The van der Waals surface area contributed by atoms with Gasteiger partial charge in [0.1, 0.15) is 17.9 Å². The van der Waals surface area contributed by atoms with Crippen LogP contribution in [-0.4, -0.2) is 71.7 Å². The van der Waals surface area contributed by atoms with Crippen LogP contribution in [0.4, 0.5) is 9.18 Å². The zero-order valence-electron chi connectivity index (χ0n) is 21.1. The maximum absolute atomic E-state index is 13.1. The summed E-state index contributed by atoms with van der Waals surface area (Å²) in [6.07, 6.45) is 1.54. The maximum atomic E-state index is 13.1. The first-order chi connectivity index (χ1) is 18.0. The number of sulfonamides is 1. The van der Waals surface area contributed by atoms with E-state index in [1.165, 1.54) is 30.6 Å². The molecule has 38 heavy (non-hydrogen) atoms. The van der Waals surface area contributed by atoms with Crippen molar-refractivity contribution in [2.75, 3.05) is 13.1 Å². The van der Waals surface area contributed by atoms with Crippen molar-refractivity contribution in [1.82, 2.24) is 24.6 Å². The number of rotatable bonds is 7. The molecule has 1 unspecified atom stereocenters. The Morgan fingerprint density at radius 3 is 2.37 bits per heavy atom. The topological polar surface area (TPSA) is 141 Å². The maximum Gasteiger partial charge on any atom is 0.410 e. The number of amides is 2. The number of aromatic nitrogens is 3. The van der Waals surface area contributed by atoms with E-state index in [0.717, 1.165) is 6.92 Å². The molecule has 1 N–H and O–H groups in total. The Morgan fingerprint density at radius 1 is 1.05 bits per heavy atom. The molecule has 0 saturated carbocycles. The summed E-state index contributed by atoms with van der Waals surface area (Å²) < 4.78 is 51.0. The van der Waals surface area contributed by atoms with E-state index in [0.29, 0.717) is 54.0 Å². The highest BCUT2D eigenvalue weighted by atomic mass is 32.2. The van der Waals surface area contributed by atoms with Crippen molar-refractivity contribution >= 4 is 32.9 Å². The number of hydrogen-bond acceptors (Lipinski definition) is 9. The molecule has 11 nitrogen and oxygen atoms in total. The number of alkyl halides is 1. The Hall–Kier alpha value is -3.87. The molecule has 0 aliphatic carbocycles. The standard InChI is InChI=1S/C25H28FN5O6S/c1-15(2)36-25(33)31-12-9-18(10-13-31)37-24-20-8-11-27-21(22(20)28-14-29-24)17-4-6-19(7-5-17)38(34,35)30-23(32)16(3)26/h4-8,11,14-16,18H,9-10,12-13H2,1-3H3,(H,30,32). The SMILES string of the molecule is CC(C)OC(=O)N1CCC(Oc2ncnc3c(-c4ccc(S(=O)(=O)NC(=O)C(C)F)cc4)nccc23)CC1. The van der Waals surface area contributed by atoms with Crippen molar-refractivity contribution in [1.29, 1.82) is 0 Å². The van der Waals surface area contributed by atoms with Gasteiger partial charge in [-0.3, -0.25) is 9.78 Å². The van der Waals surface area contributed by atoms with Crippen LogP contribution in [0.5, 0.6) is 5.88 Å². The van der Waals surface area contributed by atoms with Gasteiger partial charge in [0.2, 0.25) is 5.88 Å². The van der Waals surface area contributed by atoms with E-state index in [2.05, 4.69) is 15.0 Å². The fraction of sp³-hybridized carbons (Fsp3) is 0.400. The monoisotopic (exact) mass is 545 g/mol. The number of benzene rings is 1. The van der Waals surface area contributed by atoms with Crippen LogP contribution in [0.15, 0.2) is 47.8 Å². The second-order valence-electron chi connectivity index (χ2n) is 9.08. The fourth-order valence-electron chi connectivity index (χ4n) is 3.93.